The number of aliphatic carboxylic acids is 1. The van der Waals surface area contributed by atoms with Gasteiger partial charge < -0.3 is 14.9 Å². The van der Waals surface area contributed by atoms with E-state index in [4.69, 9.17) is 5.26 Å². The van der Waals surface area contributed by atoms with Crippen LogP contribution in [0.5, 0.6) is 0 Å². The number of fused-ring (bicyclic) bond motifs is 1. The molecule has 0 aromatic heterocycles. The second kappa shape index (κ2) is 6.26. The Balaban J connectivity index is 1.90. The molecule has 0 saturated carbocycles. The Kier molecular flexibility index (Phi) is 4.24. The lowest BCUT2D eigenvalue weighted by Crippen LogP contribution is -2.42. The molecule has 7 nitrogen and oxygen atoms in total. The second-order valence-corrected chi connectivity index (χ2v) is 6.55. The van der Waals surface area contributed by atoms with E-state index in [0.717, 1.165) is 12.1 Å². The number of carboxylic acids is 1. The predicted molar refractivity (Wildman–Crippen MR) is 87.4 cm³/mol. The van der Waals surface area contributed by atoms with Gasteiger partial charge in [-0.05, 0) is 18.2 Å². The van der Waals surface area contributed by atoms with Gasteiger partial charge in [-0.3, -0.25) is 14.4 Å². The third-order valence-electron chi connectivity index (χ3n) is 4.96. The van der Waals surface area contributed by atoms with Crippen LogP contribution in [0.1, 0.15) is 15.9 Å². The standard InChI is InChI=1S/C18H16FN3O4/c1-2-3-21-9-18(17(25)26)10-22(8-14(18)16(21)24)15(23)12-4-11(7-20)5-13(19)6-12/h2,4-6,14H,1,3,8-10H2,(H,25,26)/t14-,18+/m0/s1. The molecule has 2 saturated heterocycles. The van der Waals surface area contributed by atoms with Gasteiger partial charge in [-0.2, -0.15) is 5.26 Å². The minimum absolute atomic E-state index is 0.00563. The van der Waals surface area contributed by atoms with E-state index in [0.29, 0.717) is 0 Å². The Labute approximate surface area is 148 Å². The van der Waals surface area contributed by atoms with Crippen molar-refractivity contribution >= 4 is 17.8 Å². The van der Waals surface area contributed by atoms with Gasteiger partial charge in [0.25, 0.3) is 5.91 Å². The van der Waals surface area contributed by atoms with E-state index in [1.54, 1.807) is 6.07 Å². The lowest BCUT2D eigenvalue weighted by atomic mass is 9.81. The molecule has 2 heterocycles. The molecule has 26 heavy (non-hydrogen) atoms. The van der Waals surface area contributed by atoms with Crippen LogP contribution in [0.25, 0.3) is 0 Å². The van der Waals surface area contributed by atoms with Gasteiger partial charge in [0, 0.05) is 31.7 Å². The third kappa shape index (κ3) is 2.62. The van der Waals surface area contributed by atoms with Crippen molar-refractivity contribution < 1.29 is 23.9 Å². The second-order valence-electron chi connectivity index (χ2n) is 6.55. The van der Waals surface area contributed by atoms with E-state index < -0.39 is 29.0 Å². The highest BCUT2D eigenvalue weighted by Gasteiger charge is 2.62. The molecule has 2 aliphatic rings. The highest BCUT2D eigenvalue weighted by molar-refractivity contribution is 5.98. The van der Waals surface area contributed by atoms with Crippen molar-refractivity contribution in [1.82, 2.24) is 9.80 Å². The van der Waals surface area contributed by atoms with Gasteiger partial charge in [-0.1, -0.05) is 6.08 Å². The van der Waals surface area contributed by atoms with Crippen molar-refractivity contribution in [2.24, 2.45) is 11.3 Å². The van der Waals surface area contributed by atoms with Crippen LogP contribution < -0.4 is 0 Å². The molecule has 3 rings (SSSR count). The number of benzene rings is 1. The van der Waals surface area contributed by atoms with Crippen LogP contribution in [-0.2, 0) is 9.59 Å². The van der Waals surface area contributed by atoms with E-state index in [1.807, 2.05) is 0 Å². The zero-order chi connectivity index (χ0) is 19.1. The van der Waals surface area contributed by atoms with Crippen molar-refractivity contribution in [1.29, 1.82) is 5.26 Å². The average molecular weight is 357 g/mol. The molecule has 2 amide bonds. The molecule has 1 aromatic carbocycles. The molecule has 134 valence electrons. The lowest BCUT2D eigenvalue weighted by molar-refractivity contribution is -0.149. The Bertz CT molecular complexity index is 862. The fourth-order valence-electron chi connectivity index (χ4n) is 3.73. The summed E-state index contributed by atoms with van der Waals surface area (Å²) >= 11 is 0. The number of amides is 2. The minimum atomic E-state index is -1.39. The summed E-state index contributed by atoms with van der Waals surface area (Å²) < 4.78 is 13.6. The molecule has 1 N–H and O–H groups in total. The van der Waals surface area contributed by atoms with Gasteiger partial charge in [0.05, 0.1) is 17.6 Å². The molecule has 1 aromatic rings. The molecule has 0 bridgehead atoms. The smallest absolute Gasteiger partial charge is 0.314 e. The van der Waals surface area contributed by atoms with Gasteiger partial charge in [-0.15, -0.1) is 6.58 Å². The van der Waals surface area contributed by atoms with Crippen LogP contribution in [-0.4, -0.2) is 58.9 Å². The topological polar surface area (TPSA) is 102 Å². The fourth-order valence-corrected chi connectivity index (χ4v) is 3.73. The highest BCUT2D eigenvalue weighted by Crippen LogP contribution is 2.44. The van der Waals surface area contributed by atoms with E-state index in [1.165, 1.54) is 21.9 Å². The van der Waals surface area contributed by atoms with Gasteiger partial charge in [-0.25, -0.2) is 4.39 Å². The van der Waals surface area contributed by atoms with Crippen LogP contribution >= 0.6 is 0 Å². The first kappa shape index (κ1) is 17.6. The number of hydrogen-bond donors (Lipinski definition) is 1. The first-order valence-corrected chi connectivity index (χ1v) is 7.95. The van der Waals surface area contributed by atoms with Crippen molar-refractivity contribution in [3.8, 4) is 6.07 Å². The molecule has 8 heteroatoms. The van der Waals surface area contributed by atoms with E-state index in [9.17, 15) is 23.9 Å². The average Bonchev–Trinajstić information content (AvgIpc) is 3.11. The summed E-state index contributed by atoms with van der Waals surface area (Å²) in [5, 5.41) is 18.6. The SMILES string of the molecule is C=CCN1C[C@@]2(C(=O)O)CN(C(=O)c3cc(F)cc(C#N)c3)C[C@H]2C1=O. The molecule has 0 radical (unpaired) electrons. The van der Waals surface area contributed by atoms with Crippen molar-refractivity contribution in [3.05, 3.63) is 47.8 Å². The Morgan fingerprint density at radius 1 is 1.42 bits per heavy atom. The summed E-state index contributed by atoms with van der Waals surface area (Å²) in [5.74, 6) is -3.66. The first-order valence-electron chi connectivity index (χ1n) is 7.95. The molecule has 2 atom stereocenters. The summed E-state index contributed by atoms with van der Waals surface area (Å²) in [7, 11) is 0. The fraction of sp³-hybridized carbons (Fsp3) is 0.333. The van der Waals surface area contributed by atoms with Crippen LogP contribution in [0.15, 0.2) is 30.9 Å². The summed E-state index contributed by atoms with van der Waals surface area (Å²) in [6, 6.07) is 5.02. The number of carbonyl (C=O) groups is 3. The quantitative estimate of drug-likeness (QED) is 0.806. The maximum atomic E-state index is 13.6. The number of hydrogen-bond acceptors (Lipinski definition) is 4. The minimum Gasteiger partial charge on any atom is -0.481 e. The van der Waals surface area contributed by atoms with Crippen molar-refractivity contribution in [3.63, 3.8) is 0 Å². The summed E-state index contributed by atoms with van der Waals surface area (Å²) in [6.07, 6.45) is 1.52. The molecular weight excluding hydrogens is 341 g/mol. The Morgan fingerprint density at radius 2 is 2.15 bits per heavy atom. The molecule has 2 fully saturated rings. The normalized spacial score (nSPS) is 24.3. The van der Waals surface area contributed by atoms with E-state index in [2.05, 4.69) is 6.58 Å². The monoisotopic (exact) mass is 357 g/mol. The first-order chi connectivity index (χ1) is 12.3. The Morgan fingerprint density at radius 3 is 2.73 bits per heavy atom. The number of halogens is 1. The van der Waals surface area contributed by atoms with Crippen LogP contribution in [0, 0.1) is 28.5 Å². The van der Waals surface area contributed by atoms with Gasteiger partial charge in [0.15, 0.2) is 0 Å². The maximum Gasteiger partial charge on any atom is 0.314 e. The zero-order valence-electron chi connectivity index (χ0n) is 13.8. The summed E-state index contributed by atoms with van der Waals surface area (Å²) in [6.45, 7) is 3.59. The molecule has 0 aliphatic carbocycles. The summed E-state index contributed by atoms with van der Waals surface area (Å²) in [4.78, 5) is 39.8. The van der Waals surface area contributed by atoms with Crippen LogP contribution in [0.4, 0.5) is 4.39 Å². The largest absolute Gasteiger partial charge is 0.481 e. The maximum absolute atomic E-state index is 13.6. The van der Waals surface area contributed by atoms with Crippen LogP contribution in [0.3, 0.4) is 0 Å². The van der Waals surface area contributed by atoms with Gasteiger partial charge >= 0.3 is 5.97 Å². The van der Waals surface area contributed by atoms with Gasteiger partial charge in [0.2, 0.25) is 5.91 Å². The molecular formula is C18H16FN3O4. The third-order valence-corrected chi connectivity index (χ3v) is 4.96. The number of nitrogens with zero attached hydrogens (tertiary/aromatic N) is 3. The van der Waals surface area contributed by atoms with Crippen molar-refractivity contribution in [2.45, 2.75) is 0 Å². The number of likely N-dealkylation sites (tertiary alicyclic amines) is 2. The molecule has 0 spiro atoms. The summed E-state index contributed by atoms with van der Waals surface area (Å²) in [5.41, 5.74) is -1.44. The zero-order valence-corrected chi connectivity index (χ0v) is 13.8. The van der Waals surface area contributed by atoms with Gasteiger partial charge in [0.1, 0.15) is 11.2 Å². The number of nitriles is 1. The molecule has 2 aliphatic heterocycles. The number of carbonyl (C=O) groups excluding carboxylic acids is 2. The van der Waals surface area contributed by atoms with Crippen LogP contribution in [0.2, 0.25) is 0 Å². The van der Waals surface area contributed by atoms with Crippen molar-refractivity contribution in [2.75, 3.05) is 26.2 Å². The molecule has 0 unspecified atom stereocenters. The number of rotatable bonds is 4. The van der Waals surface area contributed by atoms with E-state index >= 15 is 0 Å². The number of carboxylic acid groups (broad SMARTS) is 1. The highest BCUT2D eigenvalue weighted by atomic mass is 19.1. The van der Waals surface area contributed by atoms with E-state index in [-0.39, 0.29) is 43.2 Å². The lowest BCUT2D eigenvalue weighted by Gasteiger charge is -2.24. The predicted octanol–water partition coefficient (Wildman–Crippen LogP) is 0.869. The Hall–Kier alpha value is -3.21.